The van der Waals surface area contributed by atoms with Crippen LogP contribution in [0, 0.1) is 3.57 Å². The zero-order valence-corrected chi connectivity index (χ0v) is 14.9. The molecule has 1 aromatic carbocycles. The lowest BCUT2D eigenvalue weighted by molar-refractivity contribution is 0.776. The highest BCUT2D eigenvalue weighted by Gasteiger charge is 2.07. The average molecular weight is 453 g/mol. The SMILES string of the molecule is CC(C)c1nc(Cl)cc(Nc2ccc(Br)c(I)c2)n1. The van der Waals surface area contributed by atoms with Crippen LogP contribution in [0.4, 0.5) is 11.5 Å². The Balaban J connectivity index is 2.29. The van der Waals surface area contributed by atoms with E-state index in [-0.39, 0.29) is 5.92 Å². The van der Waals surface area contributed by atoms with Gasteiger partial charge in [0.1, 0.15) is 16.8 Å². The highest BCUT2D eigenvalue weighted by atomic mass is 127. The summed E-state index contributed by atoms with van der Waals surface area (Å²) in [4.78, 5) is 8.67. The molecule has 0 aliphatic heterocycles. The summed E-state index contributed by atoms with van der Waals surface area (Å²) in [6.45, 7) is 4.08. The number of nitrogens with zero attached hydrogens (tertiary/aromatic N) is 2. The maximum absolute atomic E-state index is 6.02. The molecule has 0 atom stereocenters. The number of hydrogen-bond donors (Lipinski definition) is 1. The Morgan fingerprint density at radius 3 is 2.63 bits per heavy atom. The van der Waals surface area contributed by atoms with E-state index in [9.17, 15) is 0 Å². The lowest BCUT2D eigenvalue weighted by Crippen LogP contribution is -2.02. The van der Waals surface area contributed by atoms with Crippen molar-refractivity contribution in [2.75, 3.05) is 5.32 Å². The Kier molecular flexibility index (Phi) is 5.03. The van der Waals surface area contributed by atoms with E-state index < -0.39 is 0 Å². The predicted octanol–water partition coefficient (Wildman–Crippen LogP) is 5.36. The molecule has 0 unspecified atom stereocenters. The molecule has 0 aliphatic carbocycles. The third-order valence-electron chi connectivity index (χ3n) is 2.42. The van der Waals surface area contributed by atoms with Gasteiger partial charge in [-0.15, -0.1) is 0 Å². The van der Waals surface area contributed by atoms with Crippen LogP contribution < -0.4 is 5.32 Å². The van der Waals surface area contributed by atoms with Gasteiger partial charge in [0.2, 0.25) is 0 Å². The van der Waals surface area contributed by atoms with E-state index in [1.54, 1.807) is 6.07 Å². The molecule has 1 aromatic heterocycles. The molecular formula is C13H12BrClIN3. The van der Waals surface area contributed by atoms with Crippen LogP contribution in [-0.4, -0.2) is 9.97 Å². The largest absolute Gasteiger partial charge is 0.340 e. The fraction of sp³-hybridized carbons (Fsp3) is 0.231. The Morgan fingerprint density at radius 1 is 1.26 bits per heavy atom. The van der Waals surface area contributed by atoms with Crippen LogP contribution in [0.25, 0.3) is 0 Å². The lowest BCUT2D eigenvalue weighted by atomic mass is 10.2. The van der Waals surface area contributed by atoms with E-state index in [4.69, 9.17) is 11.6 Å². The first kappa shape index (κ1) is 15.0. The monoisotopic (exact) mass is 451 g/mol. The molecule has 2 aromatic rings. The molecular weight excluding hydrogens is 440 g/mol. The van der Waals surface area contributed by atoms with Crippen molar-refractivity contribution in [1.82, 2.24) is 9.97 Å². The van der Waals surface area contributed by atoms with E-state index in [0.717, 1.165) is 19.6 Å². The van der Waals surface area contributed by atoms with Crippen molar-refractivity contribution in [3.05, 3.63) is 43.3 Å². The molecule has 100 valence electrons. The molecule has 1 N–H and O–H groups in total. The third-order valence-corrected chi connectivity index (χ3v) is 4.94. The standard InChI is InChI=1S/C13H12BrClIN3/c1-7(2)13-18-11(15)6-12(19-13)17-8-3-4-9(14)10(16)5-8/h3-7H,1-2H3,(H,17,18,19). The third kappa shape index (κ3) is 4.03. The smallest absolute Gasteiger partial charge is 0.135 e. The van der Waals surface area contributed by atoms with Crippen LogP contribution in [0.5, 0.6) is 0 Å². The topological polar surface area (TPSA) is 37.8 Å². The number of anilines is 2. The summed E-state index contributed by atoms with van der Waals surface area (Å²) in [6, 6.07) is 7.74. The maximum Gasteiger partial charge on any atom is 0.135 e. The summed E-state index contributed by atoms with van der Waals surface area (Å²) in [6.07, 6.45) is 0. The zero-order chi connectivity index (χ0) is 14.0. The first-order chi connectivity index (χ1) is 8.95. The highest BCUT2D eigenvalue weighted by Crippen LogP contribution is 2.25. The summed E-state index contributed by atoms with van der Waals surface area (Å²) in [7, 11) is 0. The van der Waals surface area contributed by atoms with Crippen LogP contribution >= 0.6 is 50.1 Å². The molecule has 6 heteroatoms. The minimum Gasteiger partial charge on any atom is -0.340 e. The van der Waals surface area contributed by atoms with Crippen molar-refractivity contribution in [3.8, 4) is 0 Å². The van der Waals surface area contributed by atoms with Crippen LogP contribution in [0.2, 0.25) is 5.15 Å². The van der Waals surface area contributed by atoms with E-state index >= 15 is 0 Å². The van der Waals surface area contributed by atoms with Gasteiger partial charge >= 0.3 is 0 Å². The lowest BCUT2D eigenvalue weighted by Gasteiger charge is -2.10. The first-order valence-corrected chi connectivity index (χ1v) is 7.97. The molecule has 2 rings (SSSR count). The van der Waals surface area contributed by atoms with E-state index in [2.05, 4.69) is 53.8 Å². The first-order valence-electron chi connectivity index (χ1n) is 5.72. The van der Waals surface area contributed by atoms with E-state index in [1.807, 2.05) is 32.0 Å². The normalized spacial score (nSPS) is 10.8. The number of hydrogen-bond acceptors (Lipinski definition) is 3. The van der Waals surface area contributed by atoms with Gasteiger partial charge in [-0.3, -0.25) is 0 Å². The van der Waals surface area contributed by atoms with Gasteiger partial charge in [0, 0.05) is 25.7 Å². The van der Waals surface area contributed by atoms with Crippen LogP contribution in [-0.2, 0) is 0 Å². The molecule has 0 saturated carbocycles. The molecule has 0 bridgehead atoms. The molecule has 19 heavy (non-hydrogen) atoms. The minimum atomic E-state index is 0.240. The highest BCUT2D eigenvalue weighted by molar-refractivity contribution is 14.1. The van der Waals surface area contributed by atoms with Crippen molar-refractivity contribution >= 4 is 61.6 Å². The van der Waals surface area contributed by atoms with Crippen LogP contribution in [0.15, 0.2) is 28.7 Å². The fourth-order valence-corrected chi connectivity index (χ4v) is 2.43. The Labute approximate surface area is 139 Å². The van der Waals surface area contributed by atoms with Gasteiger partial charge < -0.3 is 5.32 Å². The second kappa shape index (κ2) is 6.37. The van der Waals surface area contributed by atoms with Crippen molar-refractivity contribution in [2.24, 2.45) is 0 Å². The van der Waals surface area contributed by atoms with Gasteiger partial charge in [0.15, 0.2) is 0 Å². The van der Waals surface area contributed by atoms with Crippen molar-refractivity contribution in [3.63, 3.8) is 0 Å². The van der Waals surface area contributed by atoms with Gasteiger partial charge in [-0.2, -0.15) is 0 Å². The maximum atomic E-state index is 6.02. The van der Waals surface area contributed by atoms with Gasteiger partial charge in [-0.1, -0.05) is 25.4 Å². The second-order valence-corrected chi connectivity index (χ2v) is 6.75. The number of halogens is 3. The van der Waals surface area contributed by atoms with Gasteiger partial charge in [-0.05, 0) is 56.7 Å². The van der Waals surface area contributed by atoms with Gasteiger partial charge in [0.05, 0.1) is 0 Å². The molecule has 3 nitrogen and oxygen atoms in total. The molecule has 0 radical (unpaired) electrons. The number of rotatable bonds is 3. The Bertz CT molecular complexity index is 604. The summed E-state index contributed by atoms with van der Waals surface area (Å²) < 4.78 is 2.20. The Hall–Kier alpha value is -0.400. The number of aromatic nitrogens is 2. The van der Waals surface area contributed by atoms with E-state index in [0.29, 0.717) is 11.0 Å². The number of nitrogens with one attached hydrogen (secondary N) is 1. The minimum absolute atomic E-state index is 0.240. The van der Waals surface area contributed by atoms with Crippen molar-refractivity contribution in [2.45, 2.75) is 19.8 Å². The van der Waals surface area contributed by atoms with Crippen LogP contribution in [0.1, 0.15) is 25.6 Å². The molecule has 1 heterocycles. The van der Waals surface area contributed by atoms with E-state index in [1.165, 1.54) is 0 Å². The summed E-state index contributed by atoms with van der Waals surface area (Å²) in [5.74, 6) is 1.69. The molecule has 0 spiro atoms. The van der Waals surface area contributed by atoms with Gasteiger partial charge in [-0.25, -0.2) is 9.97 Å². The fourth-order valence-electron chi connectivity index (χ4n) is 1.48. The predicted molar refractivity (Wildman–Crippen MR) is 91.3 cm³/mol. The molecule has 0 amide bonds. The average Bonchev–Trinajstić information content (AvgIpc) is 2.33. The van der Waals surface area contributed by atoms with Crippen molar-refractivity contribution in [1.29, 1.82) is 0 Å². The van der Waals surface area contributed by atoms with Crippen molar-refractivity contribution < 1.29 is 0 Å². The van der Waals surface area contributed by atoms with Crippen LogP contribution in [0.3, 0.4) is 0 Å². The molecule has 0 aliphatic rings. The summed E-state index contributed by atoms with van der Waals surface area (Å²) in [5.41, 5.74) is 0.970. The quantitative estimate of drug-likeness (QED) is 0.503. The number of benzene rings is 1. The zero-order valence-electron chi connectivity index (χ0n) is 10.4. The molecule has 0 saturated heterocycles. The molecule has 0 fully saturated rings. The summed E-state index contributed by atoms with van der Waals surface area (Å²) >= 11 is 11.8. The Morgan fingerprint density at radius 2 is 2.00 bits per heavy atom. The second-order valence-electron chi connectivity index (χ2n) is 4.34. The summed E-state index contributed by atoms with van der Waals surface area (Å²) in [5, 5.41) is 3.70. The van der Waals surface area contributed by atoms with Gasteiger partial charge in [0.25, 0.3) is 0 Å².